The third-order valence-corrected chi connectivity index (χ3v) is 15.7. The largest absolute Gasteiger partial charge is 0.308 e. The highest BCUT2D eigenvalue weighted by Gasteiger charge is 2.46. The quantitative estimate of drug-likeness (QED) is 0.157. The molecule has 2 aliphatic rings. The molecule has 15 rings (SSSR count). The van der Waals surface area contributed by atoms with Crippen LogP contribution in [0.5, 0.6) is 0 Å². The summed E-state index contributed by atoms with van der Waals surface area (Å²) in [5, 5.41) is 5.06. The Morgan fingerprint density at radius 3 is 1.46 bits per heavy atom. The summed E-state index contributed by atoms with van der Waals surface area (Å²) in [6, 6.07) is 84.4. The van der Waals surface area contributed by atoms with E-state index < -0.39 is 5.41 Å². The number of anilines is 3. The van der Waals surface area contributed by atoms with Gasteiger partial charge in [-0.15, -0.1) is 0 Å². The van der Waals surface area contributed by atoms with Crippen molar-refractivity contribution in [2.45, 2.75) is 24.7 Å². The number of hydrogen-bond donors (Lipinski definition) is 0. The van der Waals surface area contributed by atoms with Crippen LogP contribution in [0.1, 0.15) is 47.2 Å². The van der Waals surface area contributed by atoms with Gasteiger partial charge in [-0.1, -0.05) is 190 Å². The second kappa shape index (κ2) is 13.1. The predicted octanol–water partition coefficient (Wildman–Crippen LogP) is 16.4. The molecule has 3 aromatic heterocycles. The van der Waals surface area contributed by atoms with Crippen molar-refractivity contribution in [2.75, 3.05) is 4.90 Å². The van der Waals surface area contributed by atoms with Gasteiger partial charge < -0.3 is 13.7 Å². The van der Waals surface area contributed by atoms with Crippen molar-refractivity contribution < 1.29 is 0 Å². The smallest absolute Gasteiger partial charge is 0.0947 e. The van der Waals surface area contributed by atoms with Crippen molar-refractivity contribution >= 4 is 71.7 Å². The molecule has 67 heavy (non-hydrogen) atoms. The molecule has 0 saturated heterocycles. The first-order chi connectivity index (χ1) is 33.0. The van der Waals surface area contributed by atoms with Gasteiger partial charge in [0.25, 0.3) is 0 Å². The first-order valence-electron chi connectivity index (χ1n) is 23.5. The van der Waals surface area contributed by atoms with Crippen LogP contribution in [-0.4, -0.2) is 8.80 Å². The van der Waals surface area contributed by atoms with Gasteiger partial charge in [-0.2, -0.15) is 0 Å². The van der Waals surface area contributed by atoms with Gasteiger partial charge in [0.15, 0.2) is 0 Å². The minimum absolute atomic E-state index is 0.184. The Bertz CT molecular complexity index is 4150. The summed E-state index contributed by atoms with van der Waals surface area (Å²) in [5.74, 6) is 0. The lowest BCUT2D eigenvalue weighted by molar-refractivity contribution is 0.660. The van der Waals surface area contributed by atoms with Crippen LogP contribution in [0.4, 0.5) is 17.1 Å². The van der Waals surface area contributed by atoms with Crippen LogP contribution >= 0.6 is 0 Å². The summed E-state index contributed by atoms with van der Waals surface area (Å²) in [6.07, 6.45) is 0. The molecule has 0 N–H and O–H groups in total. The zero-order valence-corrected chi connectivity index (χ0v) is 37.2. The number of benzene rings is 10. The van der Waals surface area contributed by atoms with Gasteiger partial charge in [-0.3, -0.25) is 0 Å². The van der Waals surface area contributed by atoms with Gasteiger partial charge in [-0.25, -0.2) is 0 Å². The number of fused-ring (bicyclic) bond motifs is 15. The zero-order chi connectivity index (χ0) is 44.2. The van der Waals surface area contributed by atoms with Gasteiger partial charge in [0.2, 0.25) is 0 Å². The molecule has 0 radical (unpaired) electrons. The molecule has 0 fully saturated rings. The van der Waals surface area contributed by atoms with E-state index in [1.807, 2.05) is 0 Å². The molecular formula is C64H43N3. The molecule has 10 aromatic carbocycles. The van der Waals surface area contributed by atoms with Crippen molar-refractivity contribution in [2.24, 2.45) is 0 Å². The summed E-state index contributed by atoms with van der Waals surface area (Å²) >= 11 is 0. The van der Waals surface area contributed by atoms with Gasteiger partial charge >= 0.3 is 0 Å². The Hall–Kier alpha value is -8.40. The Labute approximate surface area is 388 Å². The molecule has 314 valence electrons. The third kappa shape index (κ3) is 4.61. The first-order valence-corrected chi connectivity index (χ1v) is 23.5. The lowest BCUT2D eigenvalue weighted by atomic mass is 9.67. The van der Waals surface area contributed by atoms with E-state index in [2.05, 4.69) is 252 Å². The standard InChI is InChI=1S/C64H43N3/c1-63(2)52-26-13-9-22-44(52)46-34-32-42(38-54(46)63)65(43-33-35-47-45-23-10-14-27-53(45)64(55(47)39-43,40-18-5-3-6-19-40)41-20-7-4-8-21-41)58-30-17-31-59-62(58)67-57-29-16-12-25-49(57)51-37-36-50-48-24-11-15-28-56(48)66(59)60(50)61(51)67/h3-39H,1-2H3. The SMILES string of the molecule is CC1(C)c2ccccc2-c2ccc(N(c3ccc4c(c3)C(c3ccccc3)(c3ccccc3)c3ccccc3-4)c3cccc4c3n3c5ccccc5c5ccc6c7ccccc7n4c6c53)cc21. The zero-order valence-electron chi connectivity index (χ0n) is 37.2. The minimum atomic E-state index is -0.550. The molecule has 0 unspecified atom stereocenters. The number of para-hydroxylation sites is 3. The lowest BCUT2D eigenvalue weighted by Crippen LogP contribution is -2.28. The first kappa shape index (κ1) is 36.9. The monoisotopic (exact) mass is 853 g/mol. The molecule has 0 amide bonds. The predicted molar refractivity (Wildman–Crippen MR) is 279 cm³/mol. The van der Waals surface area contributed by atoms with Gasteiger partial charge in [0, 0.05) is 38.3 Å². The van der Waals surface area contributed by atoms with E-state index in [1.165, 1.54) is 110 Å². The molecule has 2 aliphatic carbocycles. The van der Waals surface area contributed by atoms with Crippen molar-refractivity contribution in [3.63, 3.8) is 0 Å². The highest BCUT2D eigenvalue weighted by atomic mass is 15.2. The normalized spacial score (nSPS) is 14.4. The van der Waals surface area contributed by atoms with Crippen molar-refractivity contribution in [1.29, 1.82) is 0 Å². The molecule has 0 aliphatic heterocycles. The average Bonchev–Trinajstić information content (AvgIpc) is 4.07. The van der Waals surface area contributed by atoms with Crippen LogP contribution in [0.25, 0.3) is 76.9 Å². The molecule has 3 heterocycles. The van der Waals surface area contributed by atoms with Gasteiger partial charge in [0.05, 0.1) is 44.2 Å². The summed E-state index contributed by atoms with van der Waals surface area (Å²) in [7, 11) is 0. The second-order valence-corrected chi connectivity index (χ2v) is 19.2. The number of nitrogens with zero attached hydrogens (tertiary/aromatic N) is 3. The summed E-state index contributed by atoms with van der Waals surface area (Å²) in [6.45, 7) is 4.78. The topological polar surface area (TPSA) is 12.1 Å². The van der Waals surface area contributed by atoms with E-state index in [9.17, 15) is 0 Å². The molecule has 0 atom stereocenters. The van der Waals surface area contributed by atoms with Crippen molar-refractivity contribution in [1.82, 2.24) is 8.80 Å². The highest BCUT2D eigenvalue weighted by Crippen LogP contribution is 2.58. The van der Waals surface area contributed by atoms with Crippen LogP contribution in [0.15, 0.2) is 224 Å². The van der Waals surface area contributed by atoms with Crippen LogP contribution in [0.3, 0.4) is 0 Å². The van der Waals surface area contributed by atoms with E-state index >= 15 is 0 Å². The molecule has 13 aromatic rings. The van der Waals surface area contributed by atoms with Crippen molar-refractivity contribution in [3.8, 4) is 22.3 Å². The van der Waals surface area contributed by atoms with Crippen LogP contribution in [-0.2, 0) is 10.8 Å². The molecule has 0 bridgehead atoms. The second-order valence-electron chi connectivity index (χ2n) is 19.2. The Kier molecular flexibility index (Phi) is 7.22. The van der Waals surface area contributed by atoms with Crippen molar-refractivity contribution in [3.05, 3.63) is 258 Å². The van der Waals surface area contributed by atoms with Gasteiger partial charge in [0.1, 0.15) is 0 Å². The Morgan fingerprint density at radius 1 is 0.328 bits per heavy atom. The van der Waals surface area contributed by atoms with Crippen LogP contribution < -0.4 is 4.90 Å². The van der Waals surface area contributed by atoms with E-state index in [1.54, 1.807) is 0 Å². The number of hydrogen-bond acceptors (Lipinski definition) is 1. The highest BCUT2D eigenvalue weighted by molar-refractivity contribution is 6.26. The lowest BCUT2D eigenvalue weighted by Gasteiger charge is -2.35. The number of aromatic nitrogens is 2. The maximum atomic E-state index is 2.58. The summed E-state index contributed by atoms with van der Waals surface area (Å²) < 4.78 is 5.12. The van der Waals surface area contributed by atoms with E-state index in [-0.39, 0.29) is 5.41 Å². The fourth-order valence-corrected chi connectivity index (χ4v) is 12.9. The summed E-state index contributed by atoms with van der Waals surface area (Å²) in [5.41, 5.74) is 22.9. The Balaban J connectivity index is 1.10. The minimum Gasteiger partial charge on any atom is -0.308 e. The van der Waals surface area contributed by atoms with Gasteiger partial charge in [-0.05, 0) is 104 Å². The molecule has 3 nitrogen and oxygen atoms in total. The van der Waals surface area contributed by atoms with E-state index in [4.69, 9.17) is 0 Å². The average molecular weight is 854 g/mol. The molecule has 0 saturated carbocycles. The van der Waals surface area contributed by atoms with Crippen LogP contribution in [0.2, 0.25) is 0 Å². The molecule has 0 spiro atoms. The maximum Gasteiger partial charge on any atom is 0.0947 e. The molecule has 3 heteroatoms. The fourth-order valence-electron chi connectivity index (χ4n) is 12.9. The molecular weight excluding hydrogens is 811 g/mol. The van der Waals surface area contributed by atoms with E-state index in [0.717, 1.165) is 17.1 Å². The Morgan fingerprint density at radius 2 is 0.806 bits per heavy atom. The third-order valence-electron chi connectivity index (χ3n) is 15.7. The maximum absolute atomic E-state index is 2.58. The summed E-state index contributed by atoms with van der Waals surface area (Å²) in [4.78, 5) is 2.57. The fraction of sp³-hybridized carbons (Fsp3) is 0.0625. The van der Waals surface area contributed by atoms with Crippen LogP contribution in [0, 0.1) is 0 Å². The number of rotatable bonds is 5. The van der Waals surface area contributed by atoms with E-state index in [0.29, 0.717) is 0 Å².